The minimum absolute atomic E-state index is 0.304. The van der Waals surface area contributed by atoms with E-state index in [1.807, 2.05) is 4.90 Å². The molecule has 1 saturated heterocycles. The van der Waals surface area contributed by atoms with Crippen LogP contribution in [0, 0.1) is 5.41 Å². The Morgan fingerprint density at radius 2 is 1.94 bits per heavy atom. The van der Waals surface area contributed by atoms with E-state index >= 15 is 0 Å². The Kier molecular flexibility index (Phi) is 4.66. The lowest BCUT2D eigenvalue weighted by Crippen LogP contribution is -2.45. The van der Waals surface area contributed by atoms with Crippen molar-refractivity contribution >= 4 is 5.91 Å². The third-order valence-electron chi connectivity index (χ3n) is 4.46. The van der Waals surface area contributed by atoms with Crippen LogP contribution < -0.4 is 5.32 Å². The molecule has 1 amide bonds. The van der Waals surface area contributed by atoms with Crippen LogP contribution in [0.3, 0.4) is 0 Å². The van der Waals surface area contributed by atoms with Crippen molar-refractivity contribution in [2.24, 2.45) is 5.41 Å². The molecule has 0 aromatic heterocycles. The molecule has 2 rings (SSSR count). The predicted molar refractivity (Wildman–Crippen MR) is 74.5 cm³/mol. The second-order valence-corrected chi connectivity index (χ2v) is 6.78. The van der Waals surface area contributed by atoms with Crippen molar-refractivity contribution in [1.82, 2.24) is 10.2 Å². The molecule has 0 aromatic carbocycles. The predicted octanol–water partition coefficient (Wildman–Crippen LogP) is 2.56. The Hall–Kier alpha value is -0.570. The highest BCUT2D eigenvalue weighted by molar-refractivity contribution is 5.78. The molecule has 0 spiro atoms. The second-order valence-electron chi connectivity index (χ2n) is 6.78. The summed E-state index contributed by atoms with van der Waals surface area (Å²) < 4.78 is 0. The number of likely N-dealkylation sites (tertiary alicyclic amines) is 1. The van der Waals surface area contributed by atoms with Crippen LogP contribution in [0.15, 0.2) is 0 Å². The molecule has 0 bridgehead atoms. The molecular weight excluding hydrogens is 224 g/mol. The van der Waals surface area contributed by atoms with Crippen molar-refractivity contribution in [2.45, 2.75) is 64.8 Å². The normalized spacial score (nSPS) is 28.1. The van der Waals surface area contributed by atoms with Gasteiger partial charge in [-0.15, -0.1) is 0 Å². The van der Waals surface area contributed by atoms with E-state index in [-0.39, 0.29) is 0 Å². The Balaban J connectivity index is 1.72. The van der Waals surface area contributed by atoms with Gasteiger partial charge in [0.15, 0.2) is 0 Å². The maximum absolute atomic E-state index is 12.1. The van der Waals surface area contributed by atoms with Gasteiger partial charge in [0, 0.05) is 19.1 Å². The van der Waals surface area contributed by atoms with Crippen molar-refractivity contribution in [2.75, 3.05) is 19.6 Å². The van der Waals surface area contributed by atoms with Crippen molar-refractivity contribution in [1.29, 1.82) is 0 Å². The molecule has 1 saturated carbocycles. The fraction of sp³-hybridized carbons (Fsp3) is 0.933. The van der Waals surface area contributed by atoms with Gasteiger partial charge in [-0.3, -0.25) is 4.79 Å². The van der Waals surface area contributed by atoms with Gasteiger partial charge in [-0.05, 0) is 43.9 Å². The molecule has 3 heteroatoms. The standard InChI is InChI=1S/C15H28N2O/c1-15(2)8-6-7-13(11-15)16-12-14(18)17-9-4-3-5-10-17/h13,16H,3-12H2,1-2H3. The number of hydrogen-bond donors (Lipinski definition) is 1. The fourth-order valence-corrected chi connectivity index (χ4v) is 3.36. The van der Waals surface area contributed by atoms with Crippen LogP contribution in [-0.2, 0) is 4.79 Å². The third kappa shape index (κ3) is 3.98. The van der Waals surface area contributed by atoms with Crippen molar-refractivity contribution < 1.29 is 4.79 Å². The van der Waals surface area contributed by atoms with Gasteiger partial charge in [0.25, 0.3) is 0 Å². The Bertz CT molecular complexity index is 282. The molecular formula is C15H28N2O. The quantitative estimate of drug-likeness (QED) is 0.837. The number of hydrogen-bond acceptors (Lipinski definition) is 2. The summed E-state index contributed by atoms with van der Waals surface area (Å²) in [5, 5.41) is 3.48. The van der Waals surface area contributed by atoms with Gasteiger partial charge in [-0.25, -0.2) is 0 Å². The van der Waals surface area contributed by atoms with E-state index in [1.165, 1.54) is 44.9 Å². The molecule has 1 aliphatic heterocycles. The maximum atomic E-state index is 12.1. The van der Waals surface area contributed by atoms with E-state index < -0.39 is 0 Å². The zero-order valence-electron chi connectivity index (χ0n) is 12.0. The molecule has 2 fully saturated rings. The van der Waals surface area contributed by atoms with E-state index in [2.05, 4.69) is 19.2 Å². The SMILES string of the molecule is CC1(C)CCCC(NCC(=O)N2CCCCC2)C1. The van der Waals surface area contributed by atoms with Crippen molar-refractivity contribution in [3.8, 4) is 0 Å². The first kappa shape index (κ1) is 13.9. The molecule has 18 heavy (non-hydrogen) atoms. The number of carbonyl (C=O) groups excluding carboxylic acids is 1. The largest absolute Gasteiger partial charge is 0.342 e. The lowest BCUT2D eigenvalue weighted by atomic mass is 9.75. The van der Waals surface area contributed by atoms with E-state index in [9.17, 15) is 4.79 Å². The van der Waals surface area contributed by atoms with Crippen LogP contribution in [0.2, 0.25) is 0 Å². The van der Waals surface area contributed by atoms with Crippen LogP contribution in [0.4, 0.5) is 0 Å². The van der Waals surface area contributed by atoms with Gasteiger partial charge in [-0.1, -0.05) is 20.3 Å². The summed E-state index contributed by atoms with van der Waals surface area (Å²) in [4.78, 5) is 14.1. The Labute approximate surface area is 111 Å². The number of rotatable bonds is 3. The fourth-order valence-electron chi connectivity index (χ4n) is 3.36. The molecule has 1 atom stereocenters. The maximum Gasteiger partial charge on any atom is 0.236 e. The van der Waals surface area contributed by atoms with Crippen LogP contribution >= 0.6 is 0 Å². The summed E-state index contributed by atoms with van der Waals surface area (Å²) in [6, 6.07) is 0.544. The lowest BCUT2D eigenvalue weighted by Gasteiger charge is -2.36. The lowest BCUT2D eigenvalue weighted by molar-refractivity contribution is -0.131. The molecule has 0 radical (unpaired) electrons. The van der Waals surface area contributed by atoms with Crippen LogP contribution in [-0.4, -0.2) is 36.5 Å². The van der Waals surface area contributed by atoms with Gasteiger partial charge in [0.2, 0.25) is 5.91 Å². The van der Waals surface area contributed by atoms with E-state index in [0.717, 1.165) is 13.1 Å². The van der Waals surface area contributed by atoms with E-state index in [1.54, 1.807) is 0 Å². The topological polar surface area (TPSA) is 32.3 Å². The van der Waals surface area contributed by atoms with E-state index in [0.29, 0.717) is 23.9 Å². The highest BCUT2D eigenvalue weighted by atomic mass is 16.2. The van der Waals surface area contributed by atoms with Crippen molar-refractivity contribution in [3.63, 3.8) is 0 Å². The van der Waals surface area contributed by atoms with Gasteiger partial charge in [0.05, 0.1) is 6.54 Å². The smallest absolute Gasteiger partial charge is 0.236 e. The number of nitrogens with zero attached hydrogens (tertiary/aromatic N) is 1. The number of piperidine rings is 1. The number of nitrogens with one attached hydrogen (secondary N) is 1. The molecule has 1 heterocycles. The Morgan fingerprint density at radius 1 is 1.22 bits per heavy atom. The molecule has 1 N–H and O–H groups in total. The summed E-state index contributed by atoms with van der Waals surface area (Å²) in [6.45, 7) is 7.16. The summed E-state index contributed by atoms with van der Waals surface area (Å²) in [5.41, 5.74) is 0.449. The third-order valence-corrected chi connectivity index (χ3v) is 4.46. The van der Waals surface area contributed by atoms with Gasteiger partial charge < -0.3 is 10.2 Å². The first-order valence-electron chi connectivity index (χ1n) is 7.58. The van der Waals surface area contributed by atoms with Gasteiger partial charge >= 0.3 is 0 Å². The summed E-state index contributed by atoms with van der Waals surface area (Å²) >= 11 is 0. The zero-order chi connectivity index (χ0) is 13.0. The van der Waals surface area contributed by atoms with Crippen molar-refractivity contribution in [3.05, 3.63) is 0 Å². The van der Waals surface area contributed by atoms with Gasteiger partial charge in [-0.2, -0.15) is 0 Å². The molecule has 3 nitrogen and oxygen atoms in total. The molecule has 104 valence electrons. The molecule has 1 unspecified atom stereocenters. The summed E-state index contributed by atoms with van der Waals surface area (Å²) in [6.07, 6.45) is 8.71. The first-order valence-corrected chi connectivity index (χ1v) is 7.58. The molecule has 0 aromatic rings. The summed E-state index contributed by atoms with van der Waals surface area (Å²) in [5.74, 6) is 0.304. The first-order chi connectivity index (χ1) is 8.57. The average Bonchev–Trinajstić information content (AvgIpc) is 2.36. The molecule has 1 aliphatic carbocycles. The highest BCUT2D eigenvalue weighted by Gasteiger charge is 2.28. The second kappa shape index (κ2) is 6.05. The minimum atomic E-state index is 0.304. The van der Waals surface area contributed by atoms with Gasteiger partial charge in [0.1, 0.15) is 0 Å². The Morgan fingerprint density at radius 3 is 2.61 bits per heavy atom. The van der Waals surface area contributed by atoms with E-state index in [4.69, 9.17) is 0 Å². The van der Waals surface area contributed by atoms with Crippen LogP contribution in [0.25, 0.3) is 0 Å². The number of amides is 1. The zero-order valence-corrected chi connectivity index (χ0v) is 12.0. The highest BCUT2D eigenvalue weighted by Crippen LogP contribution is 2.34. The monoisotopic (exact) mass is 252 g/mol. The number of carbonyl (C=O) groups is 1. The molecule has 2 aliphatic rings. The van der Waals surface area contributed by atoms with Crippen LogP contribution in [0.1, 0.15) is 58.8 Å². The average molecular weight is 252 g/mol. The minimum Gasteiger partial charge on any atom is -0.342 e. The van der Waals surface area contributed by atoms with Crippen LogP contribution in [0.5, 0.6) is 0 Å². The summed E-state index contributed by atoms with van der Waals surface area (Å²) in [7, 11) is 0.